The van der Waals surface area contributed by atoms with Crippen molar-refractivity contribution in [2.45, 2.75) is 0 Å². The van der Waals surface area contributed by atoms with Crippen LogP contribution in [-0.2, 0) is 0 Å². The van der Waals surface area contributed by atoms with Crippen molar-refractivity contribution < 1.29 is 49.4 Å². The van der Waals surface area contributed by atoms with E-state index in [1.807, 2.05) is 96.3 Å². The monoisotopic (exact) mass is 348 g/mol. The van der Waals surface area contributed by atoms with E-state index in [0.717, 1.165) is 0 Å². The quantitative estimate of drug-likeness (QED) is 0.632. The van der Waals surface area contributed by atoms with Crippen LogP contribution in [0, 0.1) is 146 Å². The molecule has 16 heavy (non-hydrogen) atoms. The minimum atomic E-state index is 0. The fourth-order valence-corrected chi connectivity index (χ4v) is 0.962. The first kappa shape index (κ1) is 17.6. The first-order valence-corrected chi connectivity index (χ1v) is 5.00. The molecule has 1 heteroatoms. The Balaban J connectivity index is 0.000000205. The maximum Gasteiger partial charge on any atom is 0 e. The van der Waals surface area contributed by atoms with Gasteiger partial charge in [-0.3, -0.25) is 0 Å². The van der Waals surface area contributed by atoms with E-state index in [0.29, 0.717) is 0 Å². The van der Waals surface area contributed by atoms with Gasteiger partial charge >= 0.3 is 0 Å². The third-order valence-corrected chi connectivity index (χ3v) is 1.67. The average Bonchev–Trinajstić information content (AvgIpc) is 3.09. The Kier molecular flexibility index (Phi) is 16.1. The van der Waals surface area contributed by atoms with Gasteiger partial charge < -0.3 is 0 Å². The summed E-state index contributed by atoms with van der Waals surface area (Å²) >= 11 is 0. The van der Waals surface area contributed by atoms with Crippen LogP contribution in [0.4, 0.5) is 0 Å². The number of hydrogen-bond donors (Lipinski definition) is 0. The van der Waals surface area contributed by atoms with Crippen molar-refractivity contribution in [3.05, 3.63) is 96.3 Å². The number of rotatable bonds is 0. The molecule has 82 valence electrons. The Morgan fingerprint density at radius 2 is 0.250 bits per heavy atom. The summed E-state index contributed by atoms with van der Waals surface area (Å²) in [6.07, 6.45) is 30.0. The fraction of sp³-hybridized carbons (Fsp3) is 0. The normalized spacial score (nSPS) is 22.5. The van der Waals surface area contributed by atoms with E-state index in [-0.39, 0.29) is 49.4 Å². The summed E-state index contributed by atoms with van der Waals surface area (Å²) < 4.78 is 0. The van der Waals surface area contributed by atoms with Crippen molar-refractivity contribution in [2.75, 3.05) is 0 Å². The van der Waals surface area contributed by atoms with E-state index < -0.39 is 0 Å². The Hall–Kier alpha value is 1.58. The standard InChI is InChI=1S/3C5H5.Eu/c3*1-2-4-5-3-1;/h3*1-5H;. The molecular weight excluding hydrogens is 332 g/mol. The van der Waals surface area contributed by atoms with Gasteiger partial charge in [-0.1, -0.05) is 0 Å². The van der Waals surface area contributed by atoms with Gasteiger partial charge in [-0.2, -0.15) is 0 Å². The van der Waals surface area contributed by atoms with Gasteiger partial charge in [0.25, 0.3) is 0 Å². The first-order valence-electron chi connectivity index (χ1n) is 5.00. The molecule has 0 aromatic rings. The average molecular weight is 347 g/mol. The molecule has 0 saturated heterocycles. The summed E-state index contributed by atoms with van der Waals surface area (Å²) in [4.78, 5) is 0. The van der Waals surface area contributed by atoms with E-state index in [1.165, 1.54) is 0 Å². The van der Waals surface area contributed by atoms with Crippen molar-refractivity contribution in [2.24, 2.45) is 0 Å². The van der Waals surface area contributed by atoms with Crippen LogP contribution < -0.4 is 0 Å². The molecule has 0 spiro atoms. The molecule has 0 bridgehead atoms. The van der Waals surface area contributed by atoms with Crippen molar-refractivity contribution in [3.63, 3.8) is 0 Å². The van der Waals surface area contributed by atoms with Crippen LogP contribution in [0.3, 0.4) is 0 Å². The molecule has 0 nitrogen and oxygen atoms in total. The van der Waals surface area contributed by atoms with Crippen LogP contribution in [0.5, 0.6) is 0 Å². The predicted octanol–water partition coefficient (Wildman–Crippen LogP) is 3.06. The van der Waals surface area contributed by atoms with Crippen molar-refractivity contribution >= 4 is 0 Å². The molecule has 0 aliphatic heterocycles. The first-order chi connectivity index (χ1) is 7.50. The van der Waals surface area contributed by atoms with E-state index >= 15 is 0 Å². The van der Waals surface area contributed by atoms with Gasteiger partial charge in [-0.25, -0.2) is 0 Å². The molecule has 0 aromatic carbocycles. The fourth-order valence-electron chi connectivity index (χ4n) is 0.962. The summed E-state index contributed by atoms with van der Waals surface area (Å²) in [5.74, 6) is 0. The topological polar surface area (TPSA) is 0 Å². The summed E-state index contributed by atoms with van der Waals surface area (Å²) in [6.45, 7) is 0. The minimum Gasteiger partial charge on any atom is -0.0312 e. The van der Waals surface area contributed by atoms with Gasteiger partial charge in [-0.05, 0) is 96.3 Å². The van der Waals surface area contributed by atoms with Crippen LogP contribution in [0.25, 0.3) is 0 Å². The van der Waals surface area contributed by atoms with Gasteiger partial charge in [0.1, 0.15) is 0 Å². The smallest absolute Gasteiger partial charge is 0 e. The second-order valence-electron chi connectivity index (χ2n) is 2.89. The maximum absolute atomic E-state index is 2.00. The Morgan fingerprint density at radius 3 is 0.312 bits per heavy atom. The van der Waals surface area contributed by atoms with Gasteiger partial charge in [-0.15, -0.1) is 0 Å². The molecule has 16 radical (unpaired) electrons. The van der Waals surface area contributed by atoms with Crippen molar-refractivity contribution in [1.82, 2.24) is 0 Å². The molecule has 0 unspecified atom stereocenters. The Morgan fingerprint density at radius 1 is 0.188 bits per heavy atom. The summed E-state index contributed by atoms with van der Waals surface area (Å²) in [6, 6.07) is 0. The molecule has 3 fully saturated rings. The molecule has 3 rings (SSSR count). The SMILES string of the molecule is [CH]1[CH][CH][CH][CH]1.[CH]1[CH][CH][CH][CH]1.[CH]1[CH][CH][CH][CH]1.[Eu]. The zero-order chi connectivity index (χ0) is 10.6. The zero-order valence-corrected chi connectivity index (χ0v) is 11.5. The van der Waals surface area contributed by atoms with Crippen LogP contribution in [-0.4, -0.2) is 0 Å². The van der Waals surface area contributed by atoms with E-state index in [1.54, 1.807) is 0 Å². The molecule has 0 aromatic heterocycles. The Labute approximate surface area is 144 Å². The van der Waals surface area contributed by atoms with Crippen LogP contribution in [0.1, 0.15) is 0 Å². The third-order valence-electron chi connectivity index (χ3n) is 1.67. The van der Waals surface area contributed by atoms with E-state index in [4.69, 9.17) is 0 Å². The van der Waals surface area contributed by atoms with Gasteiger partial charge in [0.05, 0.1) is 0 Å². The molecular formula is C15H15Eu. The van der Waals surface area contributed by atoms with Gasteiger partial charge in [0, 0.05) is 49.4 Å². The van der Waals surface area contributed by atoms with Gasteiger partial charge in [0.2, 0.25) is 0 Å². The molecule has 3 aliphatic rings. The maximum atomic E-state index is 2.00. The van der Waals surface area contributed by atoms with E-state index in [9.17, 15) is 0 Å². The summed E-state index contributed by atoms with van der Waals surface area (Å²) in [5.41, 5.74) is 0. The van der Waals surface area contributed by atoms with Crippen LogP contribution in [0.15, 0.2) is 0 Å². The molecule has 0 N–H and O–H groups in total. The molecule has 0 atom stereocenters. The van der Waals surface area contributed by atoms with Gasteiger partial charge in [0.15, 0.2) is 0 Å². The zero-order valence-electron chi connectivity index (χ0n) is 9.04. The molecule has 0 amide bonds. The van der Waals surface area contributed by atoms with Crippen LogP contribution >= 0.6 is 0 Å². The van der Waals surface area contributed by atoms with Crippen molar-refractivity contribution in [3.8, 4) is 0 Å². The molecule has 3 aliphatic carbocycles. The van der Waals surface area contributed by atoms with E-state index in [2.05, 4.69) is 0 Å². The Bertz CT molecular complexity index is 64.0. The predicted molar refractivity (Wildman–Crippen MR) is 64.5 cm³/mol. The molecule has 3 saturated carbocycles. The second-order valence-corrected chi connectivity index (χ2v) is 2.89. The summed E-state index contributed by atoms with van der Waals surface area (Å²) in [5, 5.41) is 0. The van der Waals surface area contributed by atoms with Crippen molar-refractivity contribution in [1.29, 1.82) is 0 Å². The van der Waals surface area contributed by atoms with Crippen LogP contribution in [0.2, 0.25) is 0 Å². The minimum absolute atomic E-state index is 0. The summed E-state index contributed by atoms with van der Waals surface area (Å²) in [7, 11) is 0. The number of hydrogen-bond acceptors (Lipinski definition) is 0. The second kappa shape index (κ2) is 14.6. The third kappa shape index (κ3) is 12.1. The largest absolute Gasteiger partial charge is 0.0312 e. The molecule has 0 heterocycles.